The summed E-state index contributed by atoms with van der Waals surface area (Å²) >= 11 is 0. The quantitative estimate of drug-likeness (QED) is 0.181. The van der Waals surface area contributed by atoms with E-state index in [0.29, 0.717) is 17.5 Å². The summed E-state index contributed by atoms with van der Waals surface area (Å²) in [7, 11) is 0. The Labute approximate surface area is 276 Å². The molecule has 0 aliphatic rings. The number of hydrogen-bond acceptors (Lipinski definition) is 4. The first-order valence-corrected chi connectivity index (χ1v) is 15.9. The highest BCUT2D eigenvalue weighted by Gasteiger charge is 2.16. The van der Waals surface area contributed by atoms with Crippen molar-refractivity contribution in [2.75, 3.05) is 0 Å². The molecular weight excluding hydrogens is 573 g/mol. The van der Waals surface area contributed by atoms with E-state index in [1.165, 1.54) is 11.1 Å². The van der Waals surface area contributed by atoms with Crippen molar-refractivity contribution < 1.29 is 0 Å². The summed E-state index contributed by atoms with van der Waals surface area (Å²) in [5.74, 6) is 1.90. The second-order valence-electron chi connectivity index (χ2n) is 11.6. The fraction of sp³-hybridized carbons (Fsp3) is 0.0698. The summed E-state index contributed by atoms with van der Waals surface area (Å²) in [6.45, 7) is 6.24. The molecule has 0 bridgehead atoms. The topological polar surface area (TPSA) is 51.6 Å². The van der Waals surface area contributed by atoms with Gasteiger partial charge in [0.05, 0.1) is 5.69 Å². The molecule has 0 amide bonds. The largest absolute Gasteiger partial charge is 0.253 e. The predicted molar refractivity (Wildman–Crippen MR) is 194 cm³/mol. The number of aryl methyl sites for hydroxylation is 2. The van der Waals surface area contributed by atoms with Crippen molar-refractivity contribution in [2.45, 2.75) is 20.8 Å². The molecule has 0 aliphatic carbocycles. The monoisotopic (exact) mass is 606 g/mol. The van der Waals surface area contributed by atoms with Gasteiger partial charge in [-0.3, -0.25) is 4.98 Å². The van der Waals surface area contributed by atoms with Crippen molar-refractivity contribution in [3.63, 3.8) is 0 Å². The summed E-state index contributed by atoms with van der Waals surface area (Å²) in [4.78, 5) is 19.9. The van der Waals surface area contributed by atoms with Gasteiger partial charge in [-0.2, -0.15) is 0 Å². The molecular formula is C43H34N4. The Bertz CT molecular complexity index is 2160. The molecule has 0 unspecified atom stereocenters. The Balaban J connectivity index is 1.47. The average Bonchev–Trinajstić information content (AvgIpc) is 3.13. The van der Waals surface area contributed by atoms with E-state index in [1.807, 2.05) is 73.7 Å². The van der Waals surface area contributed by atoms with Gasteiger partial charge in [0.15, 0.2) is 17.5 Å². The lowest BCUT2D eigenvalue weighted by atomic mass is 9.91. The molecule has 226 valence electrons. The maximum absolute atomic E-state index is 5.07. The van der Waals surface area contributed by atoms with Gasteiger partial charge < -0.3 is 0 Å². The third kappa shape index (κ3) is 6.40. The summed E-state index contributed by atoms with van der Waals surface area (Å²) in [5, 5.41) is 0. The first-order chi connectivity index (χ1) is 23.1. The van der Waals surface area contributed by atoms with E-state index in [2.05, 4.69) is 98.8 Å². The minimum atomic E-state index is 0.623. The number of nitrogens with zero attached hydrogens (tertiary/aromatic N) is 4. The Morgan fingerprint density at radius 1 is 0.426 bits per heavy atom. The van der Waals surface area contributed by atoms with E-state index in [0.717, 1.165) is 55.9 Å². The van der Waals surface area contributed by atoms with Gasteiger partial charge in [-0.25, -0.2) is 15.0 Å². The van der Waals surface area contributed by atoms with E-state index >= 15 is 0 Å². The molecule has 2 aromatic heterocycles. The van der Waals surface area contributed by atoms with Crippen LogP contribution in [-0.4, -0.2) is 19.9 Å². The molecule has 5 aromatic carbocycles. The minimum Gasteiger partial charge on any atom is -0.253 e. The second kappa shape index (κ2) is 13.2. The van der Waals surface area contributed by atoms with Crippen LogP contribution in [0.1, 0.15) is 23.7 Å². The van der Waals surface area contributed by atoms with Gasteiger partial charge >= 0.3 is 0 Å². The zero-order chi connectivity index (χ0) is 32.2. The molecule has 4 nitrogen and oxygen atoms in total. The fourth-order valence-electron chi connectivity index (χ4n) is 5.90. The van der Waals surface area contributed by atoms with Crippen molar-refractivity contribution >= 4 is 6.08 Å². The smallest absolute Gasteiger partial charge is 0.164 e. The third-order valence-electron chi connectivity index (χ3n) is 8.24. The van der Waals surface area contributed by atoms with Gasteiger partial charge in [0.1, 0.15) is 0 Å². The molecule has 0 atom stereocenters. The predicted octanol–water partition coefficient (Wildman–Crippen LogP) is 10.9. The molecule has 0 radical (unpaired) electrons. The summed E-state index contributed by atoms with van der Waals surface area (Å²) in [6.07, 6.45) is 4.28. The van der Waals surface area contributed by atoms with Gasteiger partial charge in [0.2, 0.25) is 0 Å². The molecule has 2 heterocycles. The van der Waals surface area contributed by atoms with Crippen molar-refractivity contribution in [3.8, 4) is 67.7 Å². The van der Waals surface area contributed by atoms with Gasteiger partial charge in [-0.15, -0.1) is 0 Å². The molecule has 0 N–H and O–H groups in total. The Hall–Kier alpha value is -6.00. The van der Waals surface area contributed by atoms with Crippen LogP contribution in [-0.2, 0) is 0 Å². The molecule has 0 saturated heterocycles. The van der Waals surface area contributed by atoms with Crippen LogP contribution in [0, 0.1) is 13.8 Å². The molecule has 47 heavy (non-hydrogen) atoms. The number of pyridine rings is 1. The molecule has 0 aliphatic heterocycles. The van der Waals surface area contributed by atoms with E-state index in [1.54, 1.807) is 0 Å². The number of allylic oxidation sites excluding steroid dienone is 1. The fourth-order valence-corrected chi connectivity index (χ4v) is 5.90. The Kier molecular flexibility index (Phi) is 8.31. The molecule has 0 spiro atoms. The van der Waals surface area contributed by atoms with E-state index < -0.39 is 0 Å². The zero-order valence-electron chi connectivity index (χ0n) is 26.7. The first kappa shape index (κ1) is 29.7. The van der Waals surface area contributed by atoms with E-state index in [9.17, 15) is 0 Å². The lowest BCUT2D eigenvalue weighted by molar-refractivity contribution is 1.07. The van der Waals surface area contributed by atoms with Gasteiger partial charge in [0, 0.05) is 27.9 Å². The van der Waals surface area contributed by atoms with Crippen LogP contribution in [0.4, 0.5) is 0 Å². The van der Waals surface area contributed by atoms with Crippen molar-refractivity contribution in [2.24, 2.45) is 0 Å². The lowest BCUT2D eigenvalue weighted by Crippen LogP contribution is -2.00. The van der Waals surface area contributed by atoms with E-state index in [4.69, 9.17) is 19.9 Å². The average molecular weight is 607 g/mol. The van der Waals surface area contributed by atoms with E-state index in [-0.39, 0.29) is 0 Å². The highest BCUT2D eigenvalue weighted by atomic mass is 15.0. The van der Waals surface area contributed by atoms with Crippen LogP contribution >= 0.6 is 0 Å². The maximum Gasteiger partial charge on any atom is 0.164 e. The van der Waals surface area contributed by atoms with Gasteiger partial charge in [-0.1, -0.05) is 115 Å². The second-order valence-corrected chi connectivity index (χ2v) is 11.6. The number of aromatic nitrogens is 4. The third-order valence-corrected chi connectivity index (χ3v) is 8.24. The summed E-state index contributed by atoms with van der Waals surface area (Å²) in [6, 6.07) is 48.1. The number of hydrogen-bond donors (Lipinski definition) is 0. The van der Waals surface area contributed by atoms with Crippen LogP contribution in [0.25, 0.3) is 73.8 Å². The zero-order valence-corrected chi connectivity index (χ0v) is 26.7. The van der Waals surface area contributed by atoms with Crippen LogP contribution in [0.5, 0.6) is 0 Å². The van der Waals surface area contributed by atoms with Gasteiger partial charge in [0.25, 0.3) is 0 Å². The maximum atomic E-state index is 5.07. The van der Waals surface area contributed by atoms with Crippen LogP contribution < -0.4 is 0 Å². The van der Waals surface area contributed by atoms with Crippen LogP contribution in [0.2, 0.25) is 0 Å². The first-order valence-electron chi connectivity index (χ1n) is 15.9. The van der Waals surface area contributed by atoms with Gasteiger partial charge in [-0.05, 0) is 90.6 Å². The molecule has 4 heteroatoms. The normalized spacial score (nSPS) is 11.2. The van der Waals surface area contributed by atoms with Crippen molar-refractivity contribution in [1.82, 2.24) is 19.9 Å². The van der Waals surface area contributed by atoms with Crippen LogP contribution in [0.3, 0.4) is 0 Å². The minimum absolute atomic E-state index is 0.623. The molecule has 0 saturated carbocycles. The summed E-state index contributed by atoms with van der Waals surface area (Å²) < 4.78 is 0. The van der Waals surface area contributed by atoms with Crippen molar-refractivity contribution in [1.29, 1.82) is 0 Å². The van der Waals surface area contributed by atoms with Crippen molar-refractivity contribution in [3.05, 3.63) is 162 Å². The number of benzene rings is 5. The number of rotatable bonds is 7. The lowest BCUT2D eigenvalue weighted by Gasteiger charge is -2.15. The molecule has 7 aromatic rings. The highest BCUT2D eigenvalue weighted by molar-refractivity contribution is 5.85. The highest BCUT2D eigenvalue weighted by Crippen LogP contribution is 2.36. The van der Waals surface area contributed by atoms with Crippen LogP contribution in [0.15, 0.2) is 146 Å². The Morgan fingerprint density at radius 2 is 0.957 bits per heavy atom. The standard InChI is InChI=1S/C43H34N4/c1-4-14-38-29(2)15-11-23-39(38)36-26-35(33-21-13-22-34(25-33)40-24-12-16-30(3)44-40)27-37(28-36)43-46-41(31-17-7-5-8-18-31)45-42(47-43)32-19-9-6-10-20-32/h4-28H,1-3H3/b14-4-. The SMILES string of the molecule is C/C=C\c1c(C)cccc1-c1cc(-c2cccc(-c3cccc(C)n3)c2)cc(-c2nc(-c3ccccc3)nc(-c3ccccc3)n2)c1. The molecule has 7 rings (SSSR count). The molecule has 0 fully saturated rings. The Morgan fingerprint density at radius 3 is 1.62 bits per heavy atom. The summed E-state index contributed by atoms with van der Waals surface area (Å²) in [5.41, 5.74) is 12.6.